The second-order valence-electron chi connectivity index (χ2n) is 4.79. The molecule has 0 aromatic rings. The van der Waals surface area contributed by atoms with E-state index in [9.17, 15) is 0 Å². The topological polar surface area (TPSA) is 9.23 Å². The fourth-order valence-corrected chi connectivity index (χ4v) is 15.0. The first-order valence-electron chi connectivity index (χ1n) is 6.78. The van der Waals surface area contributed by atoms with Crippen molar-refractivity contribution >= 4 is 38.8 Å². The summed E-state index contributed by atoms with van der Waals surface area (Å²) in [6.07, 6.45) is 16.5. The minimum absolute atomic E-state index is 0.0139. The van der Waals surface area contributed by atoms with Crippen molar-refractivity contribution in [3.05, 3.63) is 44.2 Å². The van der Waals surface area contributed by atoms with Crippen LogP contribution in [0.3, 0.4) is 0 Å². The van der Waals surface area contributed by atoms with E-state index in [0.717, 1.165) is 16.6 Å². The van der Waals surface area contributed by atoms with Gasteiger partial charge in [0.1, 0.15) is 0 Å². The predicted octanol–water partition coefficient (Wildman–Crippen LogP) is 2.23. The molecule has 1 nitrogen and oxygen atoms in total. The van der Waals surface area contributed by atoms with Crippen molar-refractivity contribution < 1.29 is 20.0 Å². The SMILES string of the molecule is C[SiH](C)[Ti]([C]1=CC=CC1)[C]1=CC=CC1.[CH3][AlH][O][AlH2]. The summed E-state index contributed by atoms with van der Waals surface area (Å²) < 4.78 is 8.46. The van der Waals surface area contributed by atoms with Crippen molar-refractivity contribution in [1.82, 2.24) is 0 Å². The van der Waals surface area contributed by atoms with Crippen LogP contribution >= 0.6 is 0 Å². The van der Waals surface area contributed by atoms with E-state index in [1.54, 1.807) is 0 Å². The Labute approximate surface area is 134 Å². The Morgan fingerprint density at radius 3 is 1.83 bits per heavy atom. The summed E-state index contributed by atoms with van der Waals surface area (Å²) in [4.78, 5) is 0. The van der Waals surface area contributed by atoms with Gasteiger partial charge >= 0.3 is 126 Å². The molecule has 2 rings (SSSR count). The molecule has 0 atom stereocenters. The summed E-state index contributed by atoms with van der Waals surface area (Å²) in [5.41, 5.74) is 0. The van der Waals surface area contributed by atoms with Crippen LogP contribution in [-0.4, -0.2) is 38.8 Å². The van der Waals surface area contributed by atoms with E-state index in [1.807, 2.05) is 7.76 Å². The molecule has 0 bridgehead atoms. The molecule has 0 spiro atoms. The van der Waals surface area contributed by atoms with Gasteiger partial charge in [-0.15, -0.1) is 0 Å². The molecular weight excluding hydrogens is 302 g/mol. The Morgan fingerprint density at radius 1 is 1.17 bits per heavy atom. The number of hydrogen-bond donors (Lipinski definition) is 0. The maximum atomic E-state index is 4.82. The molecule has 0 saturated carbocycles. The Bertz CT molecular complexity index is 343. The standard InChI is InChI=1S/2C5H5.C2H7Si.CH3.2Al.O.Ti.3H/c2*1-2-4-5-3-1;1-3-2;;;;;;;;/h2*1-3H,4H2;3H,1-2H3;1H3;;;;;;;. The Morgan fingerprint density at radius 2 is 1.61 bits per heavy atom. The van der Waals surface area contributed by atoms with E-state index >= 15 is 0 Å². The van der Waals surface area contributed by atoms with E-state index in [-0.39, 0.29) is 15.6 Å². The second kappa shape index (κ2) is 9.76. The van der Waals surface area contributed by atoms with Gasteiger partial charge < -0.3 is 2.84 Å². The summed E-state index contributed by atoms with van der Waals surface area (Å²) in [6, 6.07) is 0. The maximum Gasteiger partial charge on any atom is 0.401 e. The fraction of sp³-hybridized carbons (Fsp3) is 0.385. The average Bonchev–Trinajstić information content (AvgIpc) is 3.02. The van der Waals surface area contributed by atoms with Crippen LogP contribution < -0.4 is 0 Å². The van der Waals surface area contributed by atoms with Crippen molar-refractivity contribution in [2.75, 3.05) is 0 Å². The first-order valence-corrected chi connectivity index (χ1v) is 16.7. The van der Waals surface area contributed by atoms with Crippen molar-refractivity contribution in [3.63, 3.8) is 0 Å². The fourth-order valence-electron chi connectivity index (χ4n) is 2.24. The number of hydrogen-bond acceptors (Lipinski definition) is 1. The van der Waals surface area contributed by atoms with Crippen molar-refractivity contribution in [3.8, 4) is 0 Å². The largest absolute Gasteiger partial charge is 0.645 e. The summed E-state index contributed by atoms with van der Waals surface area (Å²) in [5, 5.41) is 0. The molecule has 95 valence electrons. The normalized spacial score (nSPS) is 16.2. The zero-order chi connectivity index (χ0) is 13.4. The molecule has 0 amide bonds. The van der Waals surface area contributed by atoms with E-state index in [1.165, 1.54) is 12.8 Å². The van der Waals surface area contributed by atoms with Gasteiger partial charge in [0.25, 0.3) is 0 Å². The van der Waals surface area contributed by atoms with Gasteiger partial charge in [-0.2, -0.15) is 0 Å². The van der Waals surface area contributed by atoms with Crippen LogP contribution in [0.2, 0.25) is 18.9 Å². The third-order valence-corrected chi connectivity index (χ3v) is 18.4. The molecule has 2 aliphatic rings. The summed E-state index contributed by atoms with van der Waals surface area (Å²) >= 11 is -0.0347. The predicted molar refractivity (Wildman–Crippen MR) is 85.2 cm³/mol. The third kappa shape index (κ3) is 5.50. The van der Waals surface area contributed by atoms with E-state index in [0.29, 0.717) is 0 Å². The first-order chi connectivity index (χ1) is 8.70. The second-order valence-corrected chi connectivity index (χ2v) is 21.1. The first kappa shape index (κ1) is 17.0. The van der Waals surface area contributed by atoms with Crippen LogP contribution in [0.15, 0.2) is 44.2 Å². The molecule has 0 heterocycles. The van der Waals surface area contributed by atoms with Crippen molar-refractivity contribution in [2.24, 2.45) is 0 Å². The monoisotopic (exact) mass is 325 g/mol. The van der Waals surface area contributed by atoms with Gasteiger partial charge in [-0.1, -0.05) is 5.79 Å². The maximum absolute atomic E-state index is 4.82. The van der Waals surface area contributed by atoms with Gasteiger partial charge in [0, 0.05) is 0 Å². The average molecular weight is 325 g/mol. The molecule has 0 N–H and O–H groups in total. The Balaban J connectivity index is 0.000000357. The summed E-state index contributed by atoms with van der Waals surface area (Å²) in [7, 11) is 0. The number of allylic oxidation sites excluding steroid dienone is 8. The van der Waals surface area contributed by atoms with E-state index < -0.39 is 23.8 Å². The molecule has 0 saturated heterocycles. The summed E-state index contributed by atoms with van der Waals surface area (Å²) in [5.74, 6) is 2.13. The van der Waals surface area contributed by atoms with Crippen LogP contribution in [0.5, 0.6) is 0 Å². The van der Waals surface area contributed by atoms with Crippen molar-refractivity contribution in [1.29, 1.82) is 0 Å². The van der Waals surface area contributed by atoms with Crippen LogP contribution in [0.4, 0.5) is 0 Å². The minimum atomic E-state index is -0.972. The van der Waals surface area contributed by atoms with Gasteiger partial charge in [0.15, 0.2) is 0 Å². The van der Waals surface area contributed by atoms with Gasteiger partial charge in [0.05, 0.1) is 0 Å². The molecule has 0 aliphatic heterocycles. The minimum Gasteiger partial charge on any atom is -0.645 e. The molecule has 0 aromatic heterocycles. The molecule has 0 radical (unpaired) electrons. The molecule has 18 heavy (non-hydrogen) atoms. The van der Waals surface area contributed by atoms with Crippen LogP contribution in [0, 0.1) is 0 Å². The molecule has 0 aromatic carbocycles. The van der Waals surface area contributed by atoms with Gasteiger partial charge in [-0.25, -0.2) is 0 Å². The zero-order valence-electron chi connectivity index (χ0n) is 12.1. The molecule has 2 aliphatic carbocycles. The van der Waals surface area contributed by atoms with Gasteiger partial charge in [0.2, 0.25) is 0 Å². The number of rotatable bonds is 4. The zero-order valence-corrected chi connectivity index (χ0v) is 18.2. The van der Waals surface area contributed by atoms with Crippen LogP contribution in [-0.2, 0) is 20.0 Å². The molecule has 0 fully saturated rings. The van der Waals surface area contributed by atoms with E-state index in [2.05, 4.69) is 55.3 Å². The van der Waals surface area contributed by atoms with Crippen LogP contribution in [0.1, 0.15) is 12.8 Å². The quantitative estimate of drug-likeness (QED) is 0.720. The van der Waals surface area contributed by atoms with Gasteiger partial charge in [-0.05, 0) is 0 Å². The van der Waals surface area contributed by atoms with Gasteiger partial charge in [-0.3, -0.25) is 0 Å². The molecular formula is C13H23Al2OSiTi. The smallest absolute Gasteiger partial charge is 0.401 e. The van der Waals surface area contributed by atoms with Crippen molar-refractivity contribution in [2.45, 2.75) is 31.7 Å². The molecule has 5 heteroatoms. The molecule has 0 unspecified atom stereocenters. The van der Waals surface area contributed by atoms with E-state index in [4.69, 9.17) is 2.84 Å². The van der Waals surface area contributed by atoms with Crippen LogP contribution in [0.25, 0.3) is 0 Å². The Hall–Kier alpha value is 0.916. The third-order valence-electron chi connectivity index (χ3n) is 3.10. The summed E-state index contributed by atoms with van der Waals surface area (Å²) in [6.45, 7) is 4.63. The Kier molecular flexibility index (Phi) is 9.20.